The highest BCUT2D eigenvalue weighted by atomic mass is 16.1. The maximum atomic E-state index is 11.4. The highest BCUT2D eigenvalue weighted by Gasteiger charge is 2.41. The number of hydrogen-bond donors (Lipinski definition) is 2. The van der Waals surface area contributed by atoms with Crippen molar-refractivity contribution in [2.45, 2.75) is 51.1 Å². The number of carbonyl (C=O) groups excluding carboxylic acids is 1. The molecule has 1 heterocycles. The molecule has 1 amide bonds. The number of hydrogen-bond acceptors (Lipinski definition) is 3. The molecule has 0 radical (unpaired) electrons. The van der Waals surface area contributed by atoms with Gasteiger partial charge in [-0.3, -0.25) is 9.69 Å². The average molecular weight is 225 g/mol. The molecular weight excluding hydrogens is 202 g/mol. The fourth-order valence-corrected chi connectivity index (χ4v) is 3.04. The summed E-state index contributed by atoms with van der Waals surface area (Å²) in [6, 6.07) is 0.920. The van der Waals surface area contributed by atoms with Crippen LogP contribution in [-0.2, 0) is 4.79 Å². The zero-order valence-corrected chi connectivity index (χ0v) is 10.1. The molecule has 92 valence electrons. The van der Waals surface area contributed by atoms with Gasteiger partial charge in [-0.2, -0.15) is 0 Å². The Morgan fingerprint density at radius 1 is 1.44 bits per heavy atom. The van der Waals surface area contributed by atoms with Crippen LogP contribution in [0.4, 0.5) is 0 Å². The molecule has 0 bridgehead atoms. The molecule has 0 aromatic carbocycles. The van der Waals surface area contributed by atoms with Crippen LogP contribution >= 0.6 is 0 Å². The number of carbonyl (C=O) groups is 1. The van der Waals surface area contributed by atoms with Crippen molar-refractivity contribution in [3.05, 3.63) is 0 Å². The summed E-state index contributed by atoms with van der Waals surface area (Å²) in [5.74, 6) is -0.157. The fourth-order valence-electron chi connectivity index (χ4n) is 3.04. The molecule has 0 aromatic heterocycles. The van der Waals surface area contributed by atoms with Crippen LogP contribution in [0, 0.1) is 5.41 Å². The molecule has 16 heavy (non-hydrogen) atoms. The number of amides is 1. The van der Waals surface area contributed by atoms with Crippen LogP contribution in [0.3, 0.4) is 0 Å². The number of rotatable bonds is 2. The van der Waals surface area contributed by atoms with Crippen LogP contribution in [0.25, 0.3) is 0 Å². The summed E-state index contributed by atoms with van der Waals surface area (Å²) >= 11 is 0. The van der Waals surface area contributed by atoms with Crippen LogP contribution in [-0.4, -0.2) is 36.0 Å². The molecule has 3 atom stereocenters. The SMILES string of the molecule is CC1(C(N)=O)CCN(C2CCCC(N)C2)C1. The molecule has 0 aromatic rings. The molecular formula is C12H23N3O. The maximum Gasteiger partial charge on any atom is 0.224 e. The monoisotopic (exact) mass is 225 g/mol. The third kappa shape index (κ3) is 2.23. The predicted molar refractivity (Wildman–Crippen MR) is 63.7 cm³/mol. The van der Waals surface area contributed by atoms with Gasteiger partial charge in [0.25, 0.3) is 0 Å². The molecule has 0 spiro atoms. The van der Waals surface area contributed by atoms with E-state index < -0.39 is 0 Å². The van der Waals surface area contributed by atoms with Crippen molar-refractivity contribution < 1.29 is 4.79 Å². The van der Waals surface area contributed by atoms with Crippen LogP contribution in [0.1, 0.15) is 39.0 Å². The molecule has 1 aliphatic carbocycles. The lowest BCUT2D eigenvalue weighted by molar-refractivity contribution is -0.126. The second-order valence-electron chi connectivity index (χ2n) is 5.73. The van der Waals surface area contributed by atoms with E-state index in [1.54, 1.807) is 0 Å². The van der Waals surface area contributed by atoms with Gasteiger partial charge < -0.3 is 11.5 Å². The quantitative estimate of drug-likeness (QED) is 0.717. The minimum Gasteiger partial charge on any atom is -0.369 e. The summed E-state index contributed by atoms with van der Waals surface area (Å²) in [5, 5.41) is 0. The van der Waals surface area contributed by atoms with Gasteiger partial charge in [0.2, 0.25) is 5.91 Å². The van der Waals surface area contributed by atoms with E-state index >= 15 is 0 Å². The maximum absolute atomic E-state index is 11.4. The van der Waals surface area contributed by atoms with Crippen molar-refractivity contribution in [2.75, 3.05) is 13.1 Å². The minimum absolute atomic E-state index is 0.157. The molecule has 4 N–H and O–H groups in total. The standard InChI is InChI=1S/C12H23N3O/c1-12(11(14)16)5-6-15(8-12)10-4-2-3-9(13)7-10/h9-10H,2-8,13H2,1H3,(H2,14,16). The van der Waals surface area contributed by atoms with E-state index in [1.807, 2.05) is 6.92 Å². The van der Waals surface area contributed by atoms with Gasteiger partial charge >= 0.3 is 0 Å². The third-order valence-corrected chi connectivity index (χ3v) is 4.30. The summed E-state index contributed by atoms with van der Waals surface area (Å²) < 4.78 is 0. The summed E-state index contributed by atoms with van der Waals surface area (Å²) in [7, 11) is 0. The van der Waals surface area contributed by atoms with E-state index in [4.69, 9.17) is 11.5 Å². The largest absolute Gasteiger partial charge is 0.369 e. The molecule has 4 nitrogen and oxygen atoms in total. The van der Waals surface area contributed by atoms with Crippen molar-refractivity contribution in [2.24, 2.45) is 16.9 Å². The number of primary amides is 1. The molecule has 1 saturated heterocycles. The molecule has 1 saturated carbocycles. The van der Waals surface area contributed by atoms with Gasteiger partial charge in [-0.05, 0) is 39.2 Å². The Morgan fingerprint density at radius 2 is 2.19 bits per heavy atom. The Labute approximate surface area is 97.3 Å². The third-order valence-electron chi connectivity index (χ3n) is 4.30. The lowest BCUT2D eigenvalue weighted by Crippen LogP contribution is -2.44. The van der Waals surface area contributed by atoms with Crippen LogP contribution in [0.2, 0.25) is 0 Å². The van der Waals surface area contributed by atoms with E-state index in [-0.39, 0.29) is 11.3 Å². The van der Waals surface area contributed by atoms with E-state index in [2.05, 4.69) is 4.90 Å². The van der Waals surface area contributed by atoms with E-state index in [0.29, 0.717) is 12.1 Å². The van der Waals surface area contributed by atoms with Gasteiger partial charge in [0.15, 0.2) is 0 Å². The van der Waals surface area contributed by atoms with Gasteiger partial charge in [-0.25, -0.2) is 0 Å². The Balaban J connectivity index is 1.95. The molecule has 2 aliphatic rings. The zero-order chi connectivity index (χ0) is 11.8. The normalized spacial score (nSPS) is 41.1. The Bertz CT molecular complexity index is 281. The second kappa shape index (κ2) is 4.34. The first-order valence-corrected chi connectivity index (χ1v) is 6.31. The highest BCUT2D eigenvalue weighted by Crippen LogP contribution is 2.34. The van der Waals surface area contributed by atoms with Crippen LogP contribution in [0.15, 0.2) is 0 Å². The summed E-state index contributed by atoms with van der Waals surface area (Å²) in [6.07, 6.45) is 5.57. The molecule has 4 heteroatoms. The van der Waals surface area contributed by atoms with Gasteiger partial charge in [-0.15, -0.1) is 0 Å². The number of likely N-dealkylation sites (tertiary alicyclic amines) is 1. The first-order valence-electron chi connectivity index (χ1n) is 6.31. The zero-order valence-electron chi connectivity index (χ0n) is 10.1. The predicted octanol–water partition coefficient (Wildman–Crippen LogP) is 0.454. The number of nitrogens with zero attached hydrogens (tertiary/aromatic N) is 1. The number of nitrogens with two attached hydrogens (primary N) is 2. The molecule has 3 unspecified atom stereocenters. The summed E-state index contributed by atoms with van der Waals surface area (Å²) in [6.45, 7) is 3.80. The second-order valence-corrected chi connectivity index (χ2v) is 5.73. The van der Waals surface area contributed by atoms with E-state index in [9.17, 15) is 4.79 Å². The van der Waals surface area contributed by atoms with Gasteiger partial charge in [-0.1, -0.05) is 6.42 Å². The Hall–Kier alpha value is -0.610. The van der Waals surface area contributed by atoms with Crippen molar-refractivity contribution in [1.29, 1.82) is 0 Å². The van der Waals surface area contributed by atoms with Gasteiger partial charge in [0.05, 0.1) is 5.41 Å². The fraction of sp³-hybridized carbons (Fsp3) is 0.917. The Morgan fingerprint density at radius 3 is 2.75 bits per heavy atom. The molecule has 2 rings (SSSR count). The first kappa shape index (κ1) is 11.9. The first-order chi connectivity index (χ1) is 7.51. The van der Waals surface area contributed by atoms with E-state index in [0.717, 1.165) is 32.4 Å². The van der Waals surface area contributed by atoms with Crippen LogP contribution in [0.5, 0.6) is 0 Å². The summed E-state index contributed by atoms with van der Waals surface area (Å²) in [4.78, 5) is 13.8. The van der Waals surface area contributed by atoms with Gasteiger partial charge in [0.1, 0.15) is 0 Å². The average Bonchev–Trinajstić information content (AvgIpc) is 2.62. The van der Waals surface area contributed by atoms with Gasteiger partial charge in [0, 0.05) is 18.6 Å². The summed E-state index contributed by atoms with van der Waals surface area (Å²) in [5.41, 5.74) is 11.1. The van der Waals surface area contributed by atoms with E-state index in [1.165, 1.54) is 12.8 Å². The van der Waals surface area contributed by atoms with Crippen molar-refractivity contribution in [3.63, 3.8) is 0 Å². The molecule has 2 fully saturated rings. The minimum atomic E-state index is -0.318. The molecule has 1 aliphatic heterocycles. The Kier molecular flexibility index (Phi) is 3.22. The lowest BCUT2D eigenvalue weighted by Gasteiger charge is -2.34. The van der Waals surface area contributed by atoms with Crippen molar-refractivity contribution in [3.8, 4) is 0 Å². The topological polar surface area (TPSA) is 72.4 Å². The smallest absolute Gasteiger partial charge is 0.224 e. The highest BCUT2D eigenvalue weighted by molar-refractivity contribution is 5.81. The van der Waals surface area contributed by atoms with Crippen molar-refractivity contribution in [1.82, 2.24) is 4.90 Å². The van der Waals surface area contributed by atoms with Crippen molar-refractivity contribution >= 4 is 5.91 Å². The lowest BCUT2D eigenvalue weighted by atomic mass is 9.88. The van der Waals surface area contributed by atoms with Crippen LogP contribution < -0.4 is 11.5 Å².